The van der Waals surface area contributed by atoms with Crippen molar-refractivity contribution in [2.75, 3.05) is 0 Å². The molecule has 3 nitrogen and oxygen atoms in total. The third-order valence-corrected chi connectivity index (χ3v) is 4.90. The van der Waals surface area contributed by atoms with Crippen LogP contribution in [0.25, 0.3) is 10.9 Å². The van der Waals surface area contributed by atoms with Crippen LogP contribution in [-0.4, -0.2) is 22.9 Å². The van der Waals surface area contributed by atoms with E-state index in [1.807, 2.05) is 32.3 Å². The molecule has 2 aromatic rings. The lowest BCUT2D eigenvalue weighted by Crippen LogP contribution is -2.41. The minimum absolute atomic E-state index is 0.495. The Morgan fingerprint density at radius 2 is 1.57 bits per heavy atom. The number of halogens is 3. The summed E-state index contributed by atoms with van der Waals surface area (Å²) in [6.45, 7) is 7.77. The van der Waals surface area contributed by atoms with Crippen LogP contribution in [0, 0.1) is 0 Å². The van der Waals surface area contributed by atoms with E-state index in [4.69, 9.17) is 9.31 Å². The van der Waals surface area contributed by atoms with E-state index in [1.165, 1.54) is 6.07 Å². The second-order valence-corrected chi connectivity index (χ2v) is 6.99. The van der Waals surface area contributed by atoms with Crippen LogP contribution in [0.15, 0.2) is 24.3 Å². The van der Waals surface area contributed by atoms with Crippen molar-refractivity contribution in [2.24, 2.45) is 7.05 Å². The van der Waals surface area contributed by atoms with Gasteiger partial charge in [0, 0.05) is 18.2 Å². The molecule has 2 heterocycles. The Labute approximate surface area is 133 Å². The number of fused-ring (bicyclic) bond motifs is 1. The van der Waals surface area contributed by atoms with Gasteiger partial charge in [-0.15, -0.1) is 0 Å². The van der Waals surface area contributed by atoms with Gasteiger partial charge in [-0.3, -0.25) is 0 Å². The zero-order valence-corrected chi connectivity index (χ0v) is 13.8. The molecule has 0 aliphatic carbocycles. The van der Waals surface area contributed by atoms with Gasteiger partial charge in [-0.25, -0.2) is 0 Å². The Balaban J connectivity index is 2.05. The van der Waals surface area contributed by atoms with E-state index in [0.29, 0.717) is 16.5 Å². The fourth-order valence-electron chi connectivity index (χ4n) is 2.74. The lowest BCUT2D eigenvalue weighted by molar-refractivity contribution is -0.137. The van der Waals surface area contributed by atoms with E-state index in [1.54, 1.807) is 13.1 Å². The highest BCUT2D eigenvalue weighted by atomic mass is 19.4. The smallest absolute Gasteiger partial charge is 0.398 e. The second-order valence-electron chi connectivity index (χ2n) is 6.99. The molecule has 0 atom stereocenters. The molecule has 1 aromatic heterocycles. The standard InChI is InChI=1S/C16H19BF3NO2/c1-14(2)15(3,4)23-17(22-14)13-9-10-8-11(16(18,19)20)6-7-12(10)21(13)5/h6-9H,1-5H3. The SMILES string of the molecule is Cn1c(B2OC(C)(C)C(C)(C)O2)cc2cc(C(F)(F)F)ccc21. The number of aromatic nitrogens is 1. The molecule has 0 spiro atoms. The Hall–Kier alpha value is -1.47. The maximum absolute atomic E-state index is 12.9. The van der Waals surface area contributed by atoms with E-state index in [9.17, 15) is 13.2 Å². The third kappa shape index (κ3) is 2.56. The number of rotatable bonds is 1. The van der Waals surface area contributed by atoms with Crippen LogP contribution in [0.4, 0.5) is 13.2 Å². The van der Waals surface area contributed by atoms with Crippen LogP contribution in [0.1, 0.15) is 33.3 Å². The Bertz CT molecular complexity index is 749. The number of alkyl halides is 3. The normalized spacial score (nSPS) is 20.4. The van der Waals surface area contributed by atoms with Gasteiger partial charge < -0.3 is 13.9 Å². The average molecular weight is 325 g/mol. The van der Waals surface area contributed by atoms with Gasteiger partial charge in [-0.05, 0) is 57.3 Å². The van der Waals surface area contributed by atoms with Crippen molar-refractivity contribution in [3.8, 4) is 0 Å². The lowest BCUT2D eigenvalue weighted by Gasteiger charge is -2.32. The molecule has 0 bridgehead atoms. The van der Waals surface area contributed by atoms with Crippen LogP contribution >= 0.6 is 0 Å². The molecule has 124 valence electrons. The van der Waals surface area contributed by atoms with Crippen molar-refractivity contribution < 1.29 is 22.5 Å². The Morgan fingerprint density at radius 3 is 2.09 bits per heavy atom. The second kappa shape index (κ2) is 4.77. The van der Waals surface area contributed by atoms with Gasteiger partial charge in [0.1, 0.15) is 0 Å². The number of nitrogens with zero attached hydrogens (tertiary/aromatic N) is 1. The van der Waals surface area contributed by atoms with Gasteiger partial charge in [0.05, 0.1) is 16.8 Å². The number of benzene rings is 1. The number of aryl methyl sites for hydroxylation is 1. The number of hydrogen-bond acceptors (Lipinski definition) is 2. The van der Waals surface area contributed by atoms with Crippen LogP contribution < -0.4 is 5.59 Å². The molecular formula is C16H19BF3NO2. The van der Waals surface area contributed by atoms with E-state index >= 15 is 0 Å². The van der Waals surface area contributed by atoms with Gasteiger partial charge in [-0.2, -0.15) is 13.2 Å². The highest BCUT2D eigenvalue weighted by Crippen LogP contribution is 2.37. The summed E-state index contributed by atoms with van der Waals surface area (Å²) in [5, 5.41) is 0.520. The highest BCUT2D eigenvalue weighted by molar-refractivity contribution is 6.61. The monoisotopic (exact) mass is 325 g/mol. The van der Waals surface area contributed by atoms with Gasteiger partial charge >= 0.3 is 13.3 Å². The minimum Gasteiger partial charge on any atom is -0.398 e. The van der Waals surface area contributed by atoms with Gasteiger partial charge in [0.15, 0.2) is 0 Å². The first-order chi connectivity index (χ1) is 10.4. The summed E-state index contributed by atoms with van der Waals surface area (Å²) in [6.07, 6.45) is -4.35. The molecule has 0 amide bonds. The highest BCUT2D eigenvalue weighted by Gasteiger charge is 2.52. The molecular weight excluding hydrogens is 306 g/mol. The first kappa shape index (κ1) is 16.4. The Kier molecular flexibility index (Phi) is 3.40. The summed E-state index contributed by atoms with van der Waals surface area (Å²) in [7, 11) is 1.20. The quantitative estimate of drug-likeness (QED) is 0.749. The lowest BCUT2D eigenvalue weighted by atomic mass is 9.84. The molecule has 0 unspecified atom stereocenters. The van der Waals surface area contributed by atoms with Gasteiger partial charge in [0.2, 0.25) is 0 Å². The van der Waals surface area contributed by atoms with Gasteiger partial charge in [0.25, 0.3) is 0 Å². The van der Waals surface area contributed by atoms with Crippen LogP contribution in [0.3, 0.4) is 0 Å². The fraction of sp³-hybridized carbons (Fsp3) is 0.500. The average Bonchev–Trinajstić information content (AvgIpc) is 2.83. The zero-order chi connectivity index (χ0) is 17.2. The minimum atomic E-state index is -4.35. The van der Waals surface area contributed by atoms with E-state index in [-0.39, 0.29) is 0 Å². The topological polar surface area (TPSA) is 23.4 Å². The summed E-state index contributed by atoms with van der Waals surface area (Å²) in [5.74, 6) is 0. The fourth-order valence-corrected chi connectivity index (χ4v) is 2.74. The molecule has 1 aliphatic heterocycles. The first-order valence-electron chi connectivity index (χ1n) is 7.45. The molecule has 1 aliphatic rings. The van der Waals surface area contributed by atoms with Crippen molar-refractivity contribution in [3.05, 3.63) is 29.8 Å². The molecule has 0 N–H and O–H groups in total. The summed E-state index contributed by atoms with van der Waals surface area (Å²) in [6, 6.07) is 5.43. The summed E-state index contributed by atoms with van der Waals surface area (Å²) >= 11 is 0. The predicted molar refractivity (Wildman–Crippen MR) is 83.6 cm³/mol. The van der Waals surface area contributed by atoms with Crippen LogP contribution in [-0.2, 0) is 22.5 Å². The largest absolute Gasteiger partial charge is 0.512 e. The molecule has 7 heteroatoms. The van der Waals surface area contributed by atoms with Crippen molar-refractivity contribution in [3.63, 3.8) is 0 Å². The molecule has 1 fully saturated rings. The maximum Gasteiger partial charge on any atom is 0.512 e. The summed E-state index contributed by atoms with van der Waals surface area (Å²) in [4.78, 5) is 0. The predicted octanol–water partition coefficient (Wildman–Crippen LogP) is 3.50. The van der Waals surface area contributed by atoms with Crippen molar-refractivity contribution in [1.82, 2.24) is 4.57 Å². The van der Waals surface area contributed by atoms with E-state index in [2.05, 4.69) is 0 Å². The van der Waals surface area contributed by atoms with E-state index in [0.717, 1.165) is 12.1 Å². The zero-order valence-electron chi connectivity index (χ0n) is 13.8. The first-order valence-corrected chi connectivity index (χ1v) is 7.45. The summed E-state index contributed by atoms with van der Waals surface area (Å²) < 4.78 is 52.4. The molecule has 0 radical (unpaired) electrons. The molecule has 1 aromatic carbocycles. The number of hydrogen-bond donors (Lipinski definition) is 0. The van der Waals surface area contributed by atoms with Crippen molar-refractivity contribution >= 4 is 23.6 Å². The van der Waals surface area contributed by atoms with Crippen LogP contribution in [0.2, 0.25) is 0 Å². The Morgan fingerprint density at radius 1 is 1.00 bits per heavy atom. The van der Waals surface area contributed by atoms with Crippen LogP contribution in [0.5, 0.6) is 0 Å². The summed E-state index contributed by atoms with van der Waals surface area (Å²) in [5.41, 5.74) is -0.229. The van der Waals surface area contributed by atoms with Gasteiger partial charge in [-0.1, -0.05) is 0 Å². The molecule has 23 heavy (non-hydrogen) atoms. The van der Waals surface area contributed by atoms with E-state index < -0.39 is 30.1 Å². The third-order valence-electron chi connectivity index (χ3n) is 4.90. The van der Waals surface area contributed by atoms with Crippen molar-refractivity contribution in [1.29, 1.82) is 0 Å². The van der Waals surface area contributed by atoms with Crippen molar-refractivity contribution in [2.45, 2.75) is 45.1 Å². The maximum atomic E-state index is 12.9. The molecule has 0 saturated carbocycles. The molecule has 3 rings (SSSR count). The molecule has 1 saturated heterocycles.